The van der Waals surface area contributed by atoms with Crippen molar-refractivity contribution in [2.75, 3.05) is 31.1 Å². The van der Waals surface area contributed by atoms with Crippen molar-refractivity contribution in [3.8, 4) is 0 Å². The third-order valence-corrected chi connectivity index (χ3v) is 6.13. The van der Waals surface area contributed by atoms with E-state index < -0.39 is 17.7 Å². The van der Waals surface area contributed by atoms with Gasteiger partial charge in [-0.2, -0.15) is 13.2 Å². The summed E-state index contributed by atoms with van der Waals surface area (Å²) in [6.07, 6.45) is -4.14. The van der Waals surface area contributed by atoms with Crippen molar-refractivity contribution in [2.24, 2.45) is 5.92 Å². The van der Waals surface area contributed by atoms with Gasteiger partial charge >= 0.3 is 6.18 Å². The molecule has 2 aliphatic rings. The lowest BCUT2D eigenvalue weighted by Crippen LogP contribution is -2.60. The Morgan fingerprint density at radius 2 is 1.87 bits per heavy atom. The molecule has 2 unspecified atom stereocenters. The van der Waals surface area contributed by atoms with Gasteiger partial charge in [0.1, 0.15) is 5.82 Å². The van der Waals surface area contributed by atoms with E-state index >= 15 is 0 Å². The van der Waals surface area contributed by atoms with E-state index in [2.05, 4.69) is 15.1 Å². The molecule has 1 amide bonds. The summed E-state index contributed by atoms with van der Waals surface area (Å²) in [6.45, 7) is 4.86. The van der Waals surface area contributed by atoms with Crippen molar-refractivity contribution in [1.82, 2.24) is 10.2 Å². The molecule has 4 nitrogen and oxygen atoms in total. The number of rotatable bonds is 4. The number of carbonyl (C=O) groups is 1. The summed E-state index contributed by atoms with van der Waals surface area (Å²) >= 11 is 0. The Bertz CT molecular complexity index is 945. The van der Waals surface area contributed by atoms with Crippen LogP contribution < -0.4 is 10.2 Å². The fourth-order valence-electron chi connectivity index (χ4n) is 4.66. The first kappa shape index (κ1) is 21.6. The SMILES string of the molecule is CCNC(=O)C1Cc2cc(C(F)(F)F)ccc2N2CCN(Cc3ccc(F)cc3)CC12. The van der Waals surface area contributed by atoms with Gasteiger partial charge in [0, 0.05) is 38.4 Å². The Morgan fingerprint density at radius 3 is 2.55 bits per heavy atom. The van der Waals surface area contributed by atoms with Crippen molar-refractivity contribution in [3.63, 3.8) is 0 Å². The number of nitrogens with zero attached hydrogens (tertiary/aromatic N) is 2. The molecular weight excluding hydrogens is 410 g/mol. The van der Waals surface area contributed by atoms with Crippen LogP contribution in [0, 0.1) is 11.7 Å². The predicted octanol–water partition coefficient (Wildman–Crippen LogP) is 3.84. The number of piperazine rings is 1. The first-order chi connectivity index (χ1) is 14.8. The lowest BCUT2D eigenvalue weighted by atomic mass is 9.82. The maximum atomic E-state index is 13.2. The second-order valence-electron chi connectivity index (χ2n) is 8.17. The van der Waals surface area contributed by atoms with Gasteiger partial charge in [-0.3, -0.25) is 9.69 Å². The fourth-order valence-corrected chi connectivity index (χ4v) is 4.66. The number of hydrogen-bond acceptors (Lipinski definition) is 3. The molecule has 0 spiro atoms. The smallest absolute Gasteiger partial charge is 0.365 e. The second kappa shape index (κ2) is 8.49. The second-order valence-corrected chi connectivity index (χ2v) is 8.17. The number of alkyl halides is 3. The van der Waals surface area contributed by atoms with E-state index in [1.807, 2.05) is 6.92 Å². The summed E-state index contributed by atoms with van der Waals surface area (Å²) in [5, 5.41) is 2.85. The fraction of sp³-hybridized carbons (Fsp3) is 0.435. The Kier molecular flexibility index (Phi) is 5.92. The third kappa shape index (κ3) is 4.54. The van der Waals surface area contributed by atoms with E-state index in [9.17, 15) is 22.4 Å². The number of carbonyl (C=O) groups excluding carboxylic acids is 1. The van der Waals surface area contributed by atoms with E-state index in [0.717, 1.165) is 17.3 Å². The zero-order valence-electron chi connectivity index (χ0n) is 17.3. The lowest BCUT2D eigenvalue weighted by Gasteiger charge is -2.49. The summed E-state index contributed by atoms with van der Waals surface area (Å²) in [4.78, 5) is 17.1. The van der Waals surface area contributed by atoms with Crippen LogP contribution in [0.15, 0.2) is 42.5 Å². The van der Waals surface area contributed by atoms with E-state index in [4.69, 9.17) is 0 Å². The highest BCUT2D eigenvalue weighted by Crippen LogP contribution is 2.39. The predicted molar refractivity (Wildman–Crippen MR) is 110 cm³/mol. The molecule has 0 aromatic heterocycles. The van der Waals surface area contributed by atoms with Crippen LogP contribution in [0.3, 0.4) is 0 Å². The average molecular weight is 435 g/mol. The highest BCUT2D eigenvalue weighted by atomic mass is 19.4. The summed E-state index contributed by atoms with van der Waals surface area (Å²) in [7, 11) is 0. The van der Waals surface area contributed by atoms with Gasteiger partial charge in [0.25, 0.3) is 0 Å². The molecule has 1 saturated heterocycles. The molecule has 2 aromatic carbocycles. The number of benzene rings is 2. The lowest BCUT2D eigenvalue weighted by molar-refractivity contribution is -0.137. The van der Waals surface area contributed by atoms with E-state index in [0.29, 0.717) is 38.3 Å². The van der Waals surface area contributed by atoms with Crippen molar-refractivity contribution >= 4 is 11.6 Å². The van der Waals surface area contributed by atoms with Crippen molar-refractivity contribution in [3.05, 3.63) is 65.0 Å². The van der Waals surface area contributed by atoms with Crippen LogP contribution in [0.2, 0.25) is 0 Å². The zero-order valence-corrected chi connectivity index (χ0v) is 17.3. The molecule has 4 rings (SSSR count). The molecule has 0 aliphatic carbocycles. The zero-order chi connectivity index (χ0) is 22.2. The molecule has 2 atom stereocenters. The Labute approximate surface area is 178 Å². The van der Waals surface area contributed by atoms with Gasteiger partial charge < -0.3 is 10.2 Å². The van der Waals surface area contributed by atoms with Crippen molar-refractivity contribution in [1.29, 1.82) is 0 Å². The van der Waals surface area contributed by atoms with Gasteiger partial charge in [-0.25, -0.2) is 4.39 Å². The summed E-state index contributed by atoms with van der Waals surface area (Å²) in [5.74, 6) is -0.858. The van der Waals surface area contributed by atoms with Gasteiger partial charge in [-0.05, 0) is 54.8 Å². The molecule has 1 fully saturated rings. The number of nitrogens with one attached hydrogen (secondary N) is 1. The maximum absolute atomic E-state index is 13.2. The minimum atomic E-state index is -4.42. The Morgan fingerprint density at radius 1 is 1.13 bits per heavy atom. The van der Waals surface area contributed by atoms with Crippen LogP contribution in [0.25, 0.3) is 0 Å². The van der Waals surface area contributed by atoms with Crippen molar-refractivity contribution in [2.45, 2.75) is 32.1 Å². The van der Waals surface area contributed by atoms with E-state index in [1.165, 1.54) is 24.3 Å². The van der Waals surface area contributed by atoms with Gasteiger partial charge in [0.05, 0.1) is 17.5 Å². The number of amides is 1. The Hall–Kier alpha value is -2.61. The molecule has 2 aromatic rings. The molecular formula is C23H25F4N3O. The summed E-state index contributed by atoms with van der Waals surface area (Å²) < 4.78 is 52.9. The minimum absolute atomic E-state index is 0.134. The average Bonchev–Trinajstić information content (AvgIpc) is 2.73. The van der Waals surface area contributed by atoms with Gasteiger partial charge in [0.2, 0.25) is 5.91 Å². The van der Waals surface area contributed by atoms with Crippen molar-refractivity contribution < 1.29 is 22.4 Å². The molecule has 1 N–H and O–H groups in total. The first-order valence-corrected chi connectivity index (χ1v) is 10.5. The highest BCUT2D eigenvalue weighted by molar-refractivity contribution is 5.82. The van der Waals surface area contributed by atoms with Gasteiger partial charge in [-0.1, -0.05) is 12.1 Å². The molecule has 0 bridgehead atoms. The van der Waals surface area contributed by atoms with Crippen LogP contribution in [0.5, 0.6) is 0 Å². The molecule has 166 valence electrons. The standard InChI is InChI=1S/C23H25F4N3O/c1-2-28-22(31)19-12-16-11-17(23(25,26)27)5-8-20(16)30-10-9-29(14-21(19)30)13-15-3-6-18(24)7-4-15/h3-8,11,19,21H,2,9-10,12-14H2,1H3,(H,28,31). The van der Waals surface area contributed by atoms with Crippen LogP contribution in [0.1, 0.15) is 23.6 Å². The molecule has 2 heterocycles. The molecule has 31 heavy (non-hydrogen) atoms. The number of anilines is 1. The minimum Gasteiger partial charge on any atom is -0.365 e. The van der Waals surface area contributed by atoms with Gasteiger partial charge in [-0.15, -0.1) is 0 Å². The monoisotopic (exact) mass is 435 g/mol. The topological polar surface area (TPSA) is 35.6 Å². The molecule has 0 radical (unpaired) electrons. The van der Waals surface area contributed by atoms with Crippen LogP contribution in [-0.2, 0) is 23.9 Å². The number of fused-ring (bicyclic) bond motifs is 3. The third-order valence-electron chi connectivity index (χ3n) is 6.13. The van der Waals surface area contributed by atoms with Crippen LogP contribution >= 0.6 is 0 Å². The first-order valence-electron chi connectivity index (χ1n) is 10.5. The van der Waals surface area contributed by atoms with Crippen LogP contribution in [-0.4, -0.2) is 43.0 Å². The van der Waals surface area contributed by atoms with Gasteiger partial charge in [0.15, 0.2) is 0 Å². The molecule has 8 heteroatoms. The summed E-state index contributed by atoms with van der Waals surface area (Å²) in [6, 6.07) is 10.1. The number of halogens is 4. The molecule has 2 aliphatic heterocycles. The highest BCUT2D eigenvalue weighted by Gasteiger charge is 2.42. The molecule has 0 saturated carbocycles. The normalized spacial score (nSPS) is 21.4. The quantitative estimate of drug-likeness (QED) is 0.742. The number of hydrogen-bond donors (Lipinski definition) is 1. The summed E-state index contributed by atoms with van der Waals surface area (Å²) in [5.41, 5.74) is 1.64. The largest absolute Gasteiger partial charge is 0.416 e. The van der Waals surface area contributed by atoms with E-state index in [1.54, 1.807) is 12.1 Å². The maximum Gasteiger partial charge on any atom is 0.416 e. The van der Waals surface area contributed by atoms with E-state index in [-0.39, 0.29) is 24.2 Å². The Balaban J connectivity index is 1.61. The van der Waals surface area contributed by atoms with Crippen LogP contribution in [0.4, 0.5) is 23.2 Å².